The van der Waals surface area contributed by atoms with Crippen molar-refractivity contribution in [2.45, 2.75) is 19.8 Å². The molecule has 144 valence electrons. The first-order valence-electron chi connectivity index (χ1n) is 9.31. The molecule has 0 aliphatic carbocycles. The lowest BCUT2D eigenvalue weighted by atomic mass is 9.98. The Bertz CT molecular complexity index is 790. The Kier molecular flexibility index (Phi) is 6.22. The van der Waals surface area contributed by atoms with Crippen molar-refractivity contribution in [3.05, 3.63) is 53.6 Å². The second-order valence-corrected chi connectivity index (χ2v) is 6.96. The van der Waals surface area contributed by atoms with E-state index in [1.807, 2.05) is 23.1 Å². The standard InChI is InChI=1S/C22H27NO4/c1-16-6-4-8-19(12-16)27-15-17-7-5-11-23(14-17)22(24)18-9-10-20(25-2)21(13-18)26-3/h4,6,8-10,12-13,17H,5,7,11,14-15H2,1-3H3. The lowest BCUT2D eigenvalue weighted by molar-refractivity contribution is 0.0633. The number of methoxy groups -OCH3 is 2. The highest BCUT2D eigenvalue weighted by Gasteiger charge is 2.25. The van der Waals surface area contributed by atoms with Gasteiger partial charge in [-0.15, -0.1) is 0 Å². The maximum absolute atomic E-state index is 12.9. The van der Waals surface area contributed by atoms with E-state index in [2.05, 4.69) is 13.0 Å². The van der Waals surface area contributed by atoms with Gasteiger partial charge in [0.2, 0.25) is 0 Å². The van der Waals surface area contributed by atoms with E-state index < -0.39 is 0 Å². The van der Waals surface area contributed by atoms with Crippen molar-refractivity contribution in [3.63, 3.8) is 0 Å². The van der Waals surface area contributed by atoms with Gasteiger partial charge in [0.1, 0.15) is 5.75 Å². The van der Waals surface area contributed by atoms with Gasteiger partial charge in [-0.2, -0.15) is 0 Å². The molecule has 1 amide bonds. The number of benzene rings is 2. The van der Waals surface area contributed by atoms with Gasteiger partial charge in [0.25, 0.3) is 5.91 Å². The number of rotatable bonds is 6. The van der Waals surface area contributed by atoms with Crippen molar-refractivity contribution < 1.29 is 19.0 Å². The third-order valence-electron chi connectivity index (χ3n) is 4.91. The monoisotopic (exact) mass is 369 g/mol. The molecule has 5 heteroatoms. The van der Waals surface area contributed by atoms with Crippen LogP contribution in [0.3, 0.4) is 0 Å². The van der Waals surface area contributed by atoms with E-state index >= 15 is 0 Å². The van der Waals surface area contributed by atoms with Gasteiger partial charge in [0, 0.05) is 24.6 Å². The van der Waals surface area contributed by atoms with E-state index in [-0.39, 0.29) is 5.91 Å². The molecule has 5 nitrogen and oxygen atoms in total. The predicted octanol–water partition coefficient (Wildman–Crippen LogP) is 3.94. The molecule has 2 aromatic rings. The number of likely N-dealkylation sites (tertiary alicyclic amines) is 1. The first-order chi connectivity index (χ1) is 13.1. The smallest absolute Gasteiger partial charge is 0.254 e. The van der Waals surface area contributed by atoms with Gasteiger partial charge in [0.05, 0.1) is 20.8 Å². The minimum Gasteiger partial charge on any atom is -0.493 e. The molecule has 0 spiro atoms. The van der Waals surface area contributed by atoms with Crippen molar-refractivity contribution in [2.24, 2.45) is 5.92 Å². The minimum absolute atomic E-state index is 0.0243. The lowest BCUT2D eigenvalue weighted by Crippen LogP contribution is -2.41. The van der Waals surface area contributed by atoms with Crippen LogP contribution in [-0.2, 0) is 0 Å². The topological polar surface area (TPSA) is 48.0 Å². The Balaban J connectivity index is 1.62. The fourth-order valence-corrected chi connectivity index (χ4v) is 3.46. The zero-order chi connectivity index (χ0) is 19.2. The average molecular weight is 369 g/mol. The van der Waals surface area contributed by atoms with E-state index in [9.17, 15) is 4.79 Å². The summed E-state index contributed by atoms with van der Waals surface area (Å²) < 4.78 is 16.5. The molecule has 1 aliphatic heterocycles. The summed E-state index contributed by atoms with van der Waals surface area (Å²) in [6, 6.07) is 13.4. The second kappa shape index (κ2) is 8.80. The predicted molar refractivity (Wildman–Crippen MR) is 105 cm³/mol. The number of ether oxygens (including phenoxy) is 3. The number of carbonyl (C=O) groups is 1. The van der Waals surface area contributed by atoms with E-state index in [4.69, 9.17) is 14.2 Å². The van der Waals surface area contributed by atoms with E-state index in [1.165, 1.54) is 5.56 Å². The van der Waals surface area contributed by atoms with Crippen LogP contribution in [0.1, 0.15) is 28.8 Å². The summed E-state index contributed by atoms with van der Waals surface area (Å²) in [6.45, 7) is 4.16. The van der Waals surface area contributed by atoms with Crippen LogP contribution in [0.15, 0.2) is 42.5 Å². The maximum atomic E-state index is 12.9. The van der Waals surface area contributed by atoms with Gasteiger partial charge in [-0.05, 0) is 55.7 Å². The van der Waals surface area contributed by atoms with Crippen LogP contribution in [-0.4, -0.2) is 44.7 Å². The fourth-order valence-electron chi connectivity index (χ4n) is 3.46. The summed E-state index contributed by atoms with van der Waals surface area (Å²) in [6.07, 6.45) is 2.06. The van der Waals surface area contributed by atoms with Gasteiger partial charge >= 0.3 is 0 Å². The molecular weight excluding hydrogens is 342 g/mol. The number of nitrogens with zero attached hydrogens (tertiary/aromatic N) is 1. The number of amides is 1. The summed E-state index contributed by atoms with van der Waals surface area (Å²) >= 11 is 0. The highest BCUT2D eigenvalue weighted by Crippen LogP contribution is 2.29. The Hall–Kier alpha value is -2.69. The average Bonchev–Trinajstić information content (AvgIpc) is 2.71. The maximum Gasteiger partial charge on any atom is 0.254 e. The summed E-state index contributed by atoms with van der Waals surface area (Å²) in [5, 5.41) is 0. The highest BCUT2D eigenvalue weighted by molar-refractivity contribution is 5.95. The molecule has 0 saturated carbocycles. The van der Waals surface area contributed by atoms with Crippen LogP contribution in [0.2, 0.25) is 0 Å². The highest BCUT2D eigenvalue weighted by atomic mass is 16.5. The quantitative estimate of drug-likeness (QED) is 0.774. The normalized spacial score (nSPS) is 16.7. The largest absolute Gasteiger partial charge is 0.493 e. The van der Waals surface area contributed by atoms with Gasteiger partial charge < -0.3 is 19.1 Å². The summed E-state index contributed by atoms with van der Waals surface area (Å²) in [4.78, 5) is 14.8. The summed E-state index contributed by atoms with van der Waals surface area (Å²) in [7, 11) is 3.16. The van der Waals surface area contributed by atoms with Gasteiger partial charge in [0.15, 0.2) is 11.5 Å². The Morgan fingerprint density at radius 2 is 1.93 bits per heavy atom. The van der Waals surface area contributed by atoms with E-state index in [0.717, 1.165) is 25.1 Å². The number of piperidine rings is 1. The van der Waals surface area contributed by atoms with E-state index in [1.54, 1.807) is 32.4 Å². The van der Waals surface area contributed by atoms with Crippen LogP contribution in [0.4, 0.5) is 0 Å². The molecule has 1 atom stereocenters. The van der Waals surface area contributed by atoms with Crippen molar-refractivity contribution in [2.75, 3.05) is 33.9 Å². The van der Waals surface area contributed by atoms with Crippen LogP contribution in [0.5, 0.6) is 17.2 Å². The number of carbonyl (C=O) groups excluding carboxylic acids is 1. The Morgan fingerprint density at radius 3 is 2.67 bits per heavy atom. The summed E-state index contributed by atoms with van der Waals surface area (Å²) in [5.74, 6) is 2.44. The number of hydrogen-bond acceptors (Lipinski definition) is 4. The number of hydrogen-bond donors (Lipinski definition) is 0. The van der Waals surface area contributed by atoms with Crippen molar-refractivity contribution >= 4 is 5.91 Å². The van der Waals surface area contributed by atoms with Crippen LogP contribution in [0.25, 0.3) is 0 Å². The molecule has 3 rings (SSSR count). The first kappa shape index (κ1) is 19.1. The Morgan fingerprint density at radius 1 is 1.11 bits per heavy atom. The minimum atomic E-state index is 0.0243. The lowest BCUT2D eigenvalue weighted by Gasteiger charge is -2.32. The molecular formula is C22H27NO4. The first-order valence-corrected chi connectivity index (χ1v) is 9.31. The zero-order valence-electron chi connectivity index (χ0n) is 16.2. The van der Waals surface area contributed by atoms with Crippen molar-refractivity contribution in [1.29, 1.82) is 0 Å². The SMILES string of the molecule is COc1ccc(C(=O)N2CCCC(COc3cccc(C)c3)C2)cc1OC. The molecule has 1 unspecified atom stereocenters. The molecule has 0 aromatic heterocycles. The molecule has 1 saturated heterocycles. The molecule has 1 heterocycles. The molecule has 0 N–H and O–H groups in total. The van der Waals surface area contributed by atoms with Crippen molar-refractivity contribution in [1.82, 2.24) is 4.90 Å². The molecule has 1 aliphatic rings. The van der Waals surface area contributed by atoms with Gasteiger partial charge in [-0.1, -0.05) is 12.1 Å². The van der Waals surface area contributed by atoms with Crippen molar-refractivity contribution in [3.8, 4) is 17.2 Å². The van der Waals surface area contributed by atoms with Gasteiger partial charge in [-0.25, -0.2) is 0 Å². The molecule has 0 radical (unpaired) electrons. The molecule has 27 heavy (non-hydrogen) atoms. The van der Waals surface area contributed by atoms with Gasteiger partial charge in [-0.3, -0.25) is 4.79 Å². The van der Waals surface area contributed by atoms with Crippen LogP contribution >= 0.6 is 0 Å². The second-order valence-electron chi connectivity index (χ2n) is 6.96. The third kappa shape index (κ3) is 4.73. The molecule has 2 aromatic carbocycles. The summed E-state index contributed by atoms with van der Waals surface area (Å²) in [5.41, 5.74) is 1.80. The fraction of sp³-hybridized carbons (Fsp3) is 0.409. The molecule has 0 bridgehead atoms. The third-order valence-corrected chi connectivity index (χ3v) is 4.91. The number of aryl methyl sites for hydroxylation is 1. The molecule has 1 fully saturated rings. The van der Waals surface area contributed by atoms with Crippen LogP contribution in [0, 0.1) is 12.8 Å². The Labute approximate surface area is 160 Å². The van der Waals surface area contributed by atoms with E-state index in [0.29, 0.717) is 36.1 Å². The van der Waals surface area contributed by atoms with Crippen LogP contribution < -0.4 is 14.2 Å². The zero-order valence-corrected chi connectivity index (χ0v) is 16.2.